The predicted octanol–water partition coefficient (Wildman–Crippen LogP) is 15.2. The highest BCUT2D eigenvalue weighted by Gasteiger charge is 2.54. The van der Waals surface area contributed by atoms with Crippen molar-refractivity contribution in [3.8, 4) is 0 Å². The molecule has 17 atom stereocenters. The first-order valence-electron chi connectivity index (χ1n) is 42.9. The highest BCUT2D eigenvalue weighted by atomic mass is 16.8. The Morgan fingerprint density at radius 2 is 0.663 bits per heavy atom. The van der Waals surface area contributed by atoms with Gasteiger partial charge in [0.25, 0.3) is 0 Å². The number of hydrogen-bond donors (Lipinski definition) is 12. The lowest BCUT2D eigenvalue weighted by atomic mass is 9.96. The van der Waals surface area contributed by atoms with Gasteiger partial charge in [-0.25, -0.2) is 0 Å². The van der Waals surface area contributed by atoms with Crippen molar-refractivity contribution in [2.75, 3.05) is 26.4 Å². The third kappa shape index (κ3) is 44.6. The first kappa shape index (κ1) is 96.0. The normalized spacial score (nSPS) is 26.1. The lowest BCUT2D eigenvalue weighted by Gasteiger charge is -2.48. The molecule has 0 spiro atoms. The molecule has 3 fully saturated rings. The van der Waals surface area contributed by atoms with Gasteiger partial charge in [0.05, 0.1) is 38.6 Å². The molecule has 0 aliphatic carbocycles. The highest BCUT2D eigenvalue weighted by Crippen LogP contribution is 2.34. The molecular formula is C85H157NO18. The van der Waals surface area contributed by atoms with E-state index in [2.05, 4.69) is 67.8 Å². The van der Waals surface area contributed by atoms with Crippen molar-refractivity contribution >= 4 is 5.91 Å². The van der Waals surface area contributed by atoms with Crippen LogP contribution in [0, 0.1) is 0 Å². The van der Waals surface area contributed by atoms with E-state index in [0.29, 0.717) is 12.8 Å². The van der Waals surface area contributed by atoms with E-state index in [1.54, 1.807) is 0 Å². The number of hydrogen-bond acceptors (Lipinski definition) is 18. The third-order valence-corrected chi connectivity index (χ3v) is 21.4. The number of ether oxygens (including phenoxy) is 6. The quantitative estimate of drug-likeness (QED) is 0.0199. The molecule has 3 aliphatic heterocycles. The van der Waals surface area contributed by atoms with Crippen LogP contribution in [0.2, 0.25) is 0 Å². The molecule has 0 radical (unpaired) electrons. The largest absolute Gasteiger partial charge is 0.394 e. The van der Waals surface area contributed by atoms with E-state index in [4.69, 9.17) is 28.4 Å². The van der Waals surface area contributed by atoms with Crippen LogP contribution in [0.25, 0.3) is 0 Å². The molecule has 12 N–H and O–H groups in total. The molecule has 0 aromatic heterocycles. The standard InChI is InChI=1S/C85H157NO18/c1-3-5-7-9-11-13-15-17-19-21-23-24-25-26-27-28-29-30-31-32-33-34-35-36-37-38-39-40-41-42-43-44-45-47-49-51-53-55-57-59-61-63-73(91)86-68(69(90)62-60-58-56-54-52-50-48-46-22-20-18-16-14-12-10-8-6-4-2)67-99-83-79(97)76(94)81(71(65-88)101-83)104-85-80(98)77(95)82(72(66-89)102-85)103-84-78(96)75(93)74(92)70(64-87)100-84/h5,7,11,13,17,19,23-24,68-72,74-85,87-90,92-98H,3-4,6,8-10,12,14-16,18,20-22,25-67H2,1-2H3,(H,86,91)/b7-5-,13-11-,19-17-,24-23-. The third-order valence-electron chi connectivity index (χ3n) is 21.4. The lowest BCUT2D eigenvalue weighted by molar-refractivity contribution is -0.379. The minimum atomic E-state index is -1.97. The number of amides is 1. The zero-order chi connectivity index (χ0) is 75.3. The molecule has 104 heavy (non-hydrogen) atoms. The molecular weight excluding hydrogens is 1320 g/mol. The number of allylic oxidation sites excluding steroid dienone is 8. The lowest BCUT2D eigenvalue weighted by Crippen LogP contribution is -2.66. The van der Waals surface area contributed by atoms with Crippen LogP contribution in [0.1, 0.15) is 354 Å². The van der Waals surface area contributed by atoms with Crippen LogP contribution in [0.15, 0.2) is 48.6 Å². The number of aliphatic hydroxyl groups excluding tert-OH is 11. The van der Waals surface area contributed by atoms with Crippen molar-refractivity contribution < 1.29 is 89.4 Å². The number of carbonyl (C=O) groups excluding carboxylic acids is 1. The van der Waals surface area contributed by atoms with Crippen LogP contribution in [0.5, 0.6) is 0 Å². The predicted molar refractivity (Wildman–Crippen MR) is 416 cm³/mol. The Morgan fingerprint density at radius 3 is 1.04 bits per heavy atom. The van der Waals surface area contributed by atoms with Crippen LogP contribution in [-0.4, -0.2) is 193 Å². The number of nitrogens with one attached hydrogen (secondary N) is 1. The minimum Gasteiger partial charge on any atom is -0.394 e. The molecule has 0 aromatic rings. The SMILES string of the molecule is CC/C=C\C/C=C\C/C=C\C/C=C\CCCCCCCCCCCCCCCCCCCCCCCCCCCCCCC(=O)NC(COC1OC(CO)C(OC2OC(CO)C(OC3OC(CO)C(O)C(O)C3O)C(O)C2O)C(O)C1O)C(O)CCCCCCCCCCCCCCCCCCCC. The van der Waals surface area contributed by atoms with Gasteiger partial charge in [0, 0.05) is 6.42 Å². The Kier molecular flexibility index (Phi) is 60.4. The summed E-state index contributed by atoms with van der Waals surface area (Å²) in [6.45, 7) is 1.74. The molecule has 17 unspecified atom stereocenters. The molecule has 610 valence electrons. The molecule has 1 amide bonds. The van der Waals surface area contributed by atoms with Gasteiger partial charge in [-0.2, -0.15) is 0 Å². The van der Waals surface area contributed by atoms with Gasteiger partial charge in [-0.1, -0.05) is 345 Å². The summed E-state index contributed by atoms with van der Waals surface area (Å²) in [6, 6.07) is -0.886. The average Bonchev–Trinajstić information content (AvgIpc) is 0.783. The van der Waals surface area contributed by atoms with Crippen molar-refractivity contribution in [2.45, 2.75) is 458 Å². The van der Waals surface area contributed by atoms with E-state index in [9.17, 15) is 61.0 Å². The van der Waals surface area contributed by atoms with Gasteiger partial charge < -0.3 is 89.9 Å². The van der Waals surface area contributed by atoms with Gasteiger partial charge in [0.1, 0.15) is 73.2 Å². The summed E-state index contributed by atoms with van der Waals surface area (Å²) in [4.78, 5) is 13.5. The van der Waals surface area contributed by atoms with Crippen LogP contribution in [0.3, 0.4) is 0 Å². The average molecular weight is 1480 g/mol. The molecule has 19 nitrogen and oxygen atoms in total. The van der Waals surface area contributed by atoms with Crippen LogP contribution in [-0.2, 0) is 33.2 Å². The second-order valence-corrected chi connectivity index (χ2v) is 30.6. The second kappa shape index (κ2) is 65.5. The first-order valence-corrected chi connectivity index (χ1v) is 42.9. The topological polar surface area (TPSA) is 307 Å². The maximum atomic E-state index is 13.5. The molecule has 0 aromatic carbocycles. The number of rotatable bonds is 69. The molecule has 3 aliphatic rings. The van der Waals surface area contributed by atoms with Crippen LogP contribution < -0.4 is 5.32 Å². The highest BCUT2D eigenvalue weighted by molar-refractivity contribution is 5.76. The molecule has 19 heteroatoms. The fraction of sp³-hybridized carbons (Fsp3) is 0.894. The number of aliphatic hydroxyl groups is 11. The zero-order valence-electron chi connectivity index (χ0n) is 65.5. The van der Waals surface area contributed by atoms with Gasteiger partial charge in [-0.3, -0.25) is 4.79 Å². The monoisotopic (exact) mass is 1480 g/mol. The van der Waals surface area contributed by atoms with Crippen molar-refractivity contribution in [1.29, 1.82) is 0 Å². The van der Waals surface area contributed by atoms with E-state index < -0.39 is 124 Å². The summed E-state index contributed by atoms with van der Waals surface area (Å²) < 4.78 is 34.5. The molecule has 0 bridgehead atoms. The van der Waals surface area contributed by atoms with Crippen molar-refractivity contribution in [3.05, 3.63) is 48.6 Å². The van der Waals surface area contributed by atoms with Crippen LogP contribution in [0.4, 0.5) is 0 Å². The van der Waals surface area contributed by atoms with E-state index >= 15 is 0 Å². The van der Waals surface area contributed by atoms with E-state index in [1.807, 2.05) is 0 Å². The van der Waals surface area contributed by atoms with E-state index in [0.717, 1.165) is 70.6 Å². The summed E-state index contributed by atoms with van der Waals surface area (Å²) in [5, 5.41) is 121. The minimum absolute atomic E-state index is 0.235. The number of carbonyl (C=O) groups is 1. The van der Waals surface area contributed by atoms with Gasteiger partial charge in [-0.15, -0.1) is 0 Å². The Morgan fingerprint density at radius 1 is 0.356 bits per heavy atom. The van der Waals surface area contributed by atoms with E-state index in [-0.39, 0.29) is 18.9 Å². The Balaban J connectivity index is 1.27. The van der Waals surface area contributed by atoms with Gasteiger partial charge in [0.2, 0.25) is 5.91 Å². The van der Waals surface area contributed by atoms with E-state index in [1.165, 1.54) is 250 Å². The summed E-state index contributed by atoms with van der Waals surface area (Å²) in [5.74, 6) is -0.235. The number of unbranched alkanes of at least 4 members (excludes halogenated alkanes) is 45. The summed E-state index contributed by atoms with van der Waals surface area (Å²) >= 11 is 0. The second-order valence-electron chi connectivity index (χ2n) is 30.6. The van der Waals surface area contributed by atoms with Crippen molar-refractivity contribution in [3.63, 3.8) is 0 Å². The maximum absolute atomic E-state index is 13.5. The van der Waals surface area contributed by atoms with Gasteiger partial charge >= 0.3 is 0 Å². The summed E-state index contributed by atoms with van der Waals surface area (Å²) in [5.41, 5.74) is 0. The fourth-order valence-corrected chi connectivity index (χ4v) is 14.6. The fourth-order valence-electron chi connectivity index (χ4n) is 14.6. The van der Waals surface area contributed by atoms with Gasteiger partial charge in [-0.05, 0) is 51.4 Å². The molecule has 0 saturated carbocycles. The van der Waals surface area contributed by atoms with Crippen molar-refractivity contribution in [1.82, 2.24) is 5.32 Å². The zero-order valence-corrected chi connectivity index (χ0v) is 65.5. The smallest absolute Gasteiger partial charge is 0.220 e. The summed E-state index contributed by atoms with van der Waals surface area (Å²) in [7, 11) is 0. The molecule has 3 saturated heterocycles. The molecule has 3 heterocycles. The Labute approximate surface area is 631 Å². The summed E-state index contributed by atoms with van der Waals surface area (Å²) in [6.07, 6.45) is 56.6. The molecule has 3 rings (SSSR count). The Bertz CT molecular complexity index is 2060. The van der Waals surface area contributed by atoms with Gasteiger partial charge in [0.15, 0.2) is 18.9 Å². The maximum Gasteiger partial charge on any atom is 0.220 e. The van der Waals surface area contributed by atoms with Crippen LogP contribution >= 0.6 is 0 Å². The first-order chi connectivity index (χ1) is 50.8. The Hall–Kier alpha value is -2.25. The van der Waals surface area contributed by atoms with Crippen molar-refractivity contribution in [2.24, 2.45) is 0 Å².